The van der Waals surface area contributed by atoms with Gasteiger partial charge in [0.15, 0.2) is 5.82 Å². The van der Waals surface area contributed by atoms with Gasteiger partial charge >= 0.3 is 5.51 Å². The number of anilines is 1. The van der Waals surface area contributed by atoms with E-state index in [0.717, 1.165) is 15.3 Å². The molecule has 0 aliphatic rings. The number of aromatic nitrogens is 2. The van der Waals surface area contributed by atoms with E-state index in [9.17, 15) is 18.0 Å². The van der Waals surface area contributed by atoms with Crippen LogP contribution < -0.4 is 5.32 Å². The molecule has 0 atom stereocenters. The molecule has 10 heteroatoms. The summed E-state index contributed by atoms with van der Waals surface area (Å²) in [5, 5.41) is 3.47. The van der Waals surface area contributed by atoms with Crippen LogP contribution in [-0.4, -0.2) is 26.6 Å². The Morgan fingerprint density at radius 3 is 2.78 bits per heavy atom. The molecule has 0 unspecified atom stereocenters. The summed E-state index contributed by atoms with van der Waals surface area (Å²) in [5.41, 5.74) is -3.62. The Balaban J connectivity index is 1.90. The van der Waals surface area contributed by atoms with Crippen molar-refractivity contribution in [1.29, 1.82) is 0 Å². The number of alkyl halides is 3. The van der Waals surface area contributed by atoms with Crippen LogP contribution in [0.4, 0.5) is 19.0 Å². The summed E-state index contributed by atoms with van der Waals surface area (Å²) in [5.74, 6) is 0.625. The maximum absolute atomic E-state index is 12.6. The third kappa shape index (κ3) is 4.99. The lowest BCUT2D eigenvalue weighted by atomic mass is 10.2. The van der Waals surface area contributed by atoms with E-state index < -0.39 is 11.4 Å². The van der Waals surface area contributed by atoms with E-state index in [2.05, 4.69) is 26.2 Å². The average Bonchev–Trinajstić information content (AvgIpc) is 2.91. The summed E-state index contributed by atoms with van der Waals surface area (Å²) in [6, 6.07) is 9.06. The Hall–Kier alpha value is -1.65. The van der Waals surface area contributed by atoms with Gasteiger partial charge in [0.2, 0.25) is 0 Å². The number of nitrogens with zero attached hydrogens (tertiary/aromatic N) is 2. The van der Waals surface area contributed by atoms with E-state index in [0.29, 0.717) is 11.5 Å². The first-order chi connectivity index (χ1) is 12.8. The number of carbonyl (C=O) groups excluding carboxylic acids is 1. The lowest BCUT2D eigenvalue weighted by Gasteiger charge is -2.08. The monoisotopic (exact) mass is 475 g/mol. The largest absolute Gasteiger partial charge is 0.446 e. The molecule has 142 valence electrons. The molecule has 1 N–H and O–H groups in total. The fraction of sp³-hybridized carbons (Fsp3) is 0.176. The van der Waals surface area contributed by atoms with Crippen molar-refractivity contribution >= 4 is 56.8 Å². The van der Waals surface area contributed by atoms with Gasteiger partial charge in [0.1, 0.15) is 10.7 Å². The van der Waals surface area contributed by atoms with E-state index in [1.165, 1.54) is 36.0 Å². The fourth-order valence-electron chi connectivity index (χ4n) is 2.37. The maximum Gasteiger partial charge on any atom is 0.446 e. The van der Waals surface area contributed by atoms with E-state index >= 15 is 0 Å². The molecule has 0 aliphatic carbocycles. The zero-order chi connectivity index (χ0) is 19.6. The third-order valence-corrected chi connectivity index (χ3v) is 5.52. The topological polar surface area (TPSA) is 46.4 Å². The lowest BCUT2D eigenvalue weighted by molar-refractivity contribution is -0.0328. The highest BCUT2D eigenvalue weighted by Gasteiger charge is 2.29. The quantitative estimate of drug-likeness (QED) is 0.454. The van der Waals surface area contributed by atoms with Gasteiger partial charge in [-0.15, -0.1) is 11.8 Å². The summed E-state index contributed by atoms with van der Waals surface area (Å²) in [6.07, 6.45) is 1.84. The van der Waals surface area contributed by atoms with E-state index in [1.807, 2.05) is 23.6 Å². The molecule has 0 aliphatic heterocycles. The second-order valence-corrected chi connectivity index (χ2v) is 8.61. The highest BCUT2D eigenvalue weighted by molar-refractivity contribution is 9.10. The van der Waals surface area contributed by atoms with Crippen LogP contribution in [0.1, 0.15) is 17.3 Å². The van der Waals surface area contributed by atoms with Crippen LogP contribution in [-0.2, 0) is 0 Å². The second-order valence-electron chi connectivity index (χ2n) is 5.30. The van der Waals surface area contributed by atoms with Crippen molar-refractivity contribution in [1.82, 2.24) is 9.38 Å². The zero-order valence-corrected chi connectivity index (χ0v) is 17.1. The first-order valence-corrected chi connectivity index (χ1v) is 10.3. The zero-order valence-electron chi connectivity index (χ0n) is 13.9. The predicted molar refractivity (Wildman–Crippen MR) is 106 cm³/mol. The van der Waals surface area contributed by atoms with Crippen LogP contribution in [0, 0.1) is 0 Å². The molecule has 1 amide bonds. The summed E-state index contributed by atoms with van der Waals surface area (Å²) in [4.78, 5) is 16.9. The molecule has 0 radical (unpaired) electrons. The minimum Gasteiger partial charge on any atom is -0.304 e. The van der Waals surface area contributed by atoms with E-state index in [1.54, 1.807) is 6.07 Å². The highest BCUT2D eigenvalue weighted by Crippen LogP contribution is 2.37. The van der Waals surface area contributed by atoms with Gasteiger partial charge in [0, 0.05) is 21.1 Å². The molecular formula is C17H13BrF3N3OS2. The molecule has 3 aromatic rings. The van der Waals surface area contributed by atoms with Crippen molar-refractivity contribution in [2.45, 2.75) is 22.4 Å². The first-order valence-electron chi connectivity index (χ1n) is 7.74. The minimum atomic E-state index is -4.41. The molecule has 0 saturated heterocycles. The van der Waals surface area contributed by atoms with Gasteiger partial charge in [-0.2, -0.15) is 13.2 Å². The van der Waals surface area contributed by atoms with Crippen molar-refractivity contribution in [3.05, 3.63) is 52.6 Å². The number of pyridine rings is 1. The van der Waals surface area contributed by atoms with Crippen molar-refractivity contribution in [2.24, 2.45) is 0 Å². The molecule has 2 heterocycles. The summed E-state index contributed by atoms with van der Waals surface area (Å²) in [6.45, 7) is 1.98. The van der Waals surface area contributed by atoms with Crippen LogP contribution in [0.2, 0.25) is 0 Å². The van der Waals surface area contributed by atoms with Gasteiger partial charge in [-0.25, -0.2) is 4.98 Å². The Morgan fingerprint density at radius 1 is 1.30 bits per heavy atom. The molecular weight excluding hydrogens is 463 g/mol. The Kier molecular flexibility index (Phi) is 6.07. The van der Waals surface area contributed by atoms with Crippen molar-refractivity contribution < 1.29 is 18.0 Å². The Morgan fingerprint density at radius 2 is 2.07 bits per heavy atom. The number of imidazole rings is 1. The number of benzene rings is 1. The van der Waals surface area contributed by atoms with Gasteiger partial charge in [-0.1, -0.05) is 13.0 Å². The standard InChI is InChI=1S/C17H13BrF3N3OS2/c1-2-26-16-14(22-13-7-6-11(18)9-24(13)16)23-15(25)10-4-3-5-12(8-10)27-17(19,20)21/h3-9H,2H2,1H3,(H,23,25). The second kappa shape index (κ2) is 8.15. The molecule has 27 heavy (non-hydrogen) atoms. The van der Waals surface area contributed by atoms with E-state index in [4.69, 9.17) is 0 Å². The molecule has 2 aromatic heterocycles. The number of hydrogen-bond donors (Lipinski definition) is 1. The molecule has 1 aromatic carbocycles. The molecule has 0 saturated carbocycles. The molecule has 0 bridgehead atoms. The van der Waals surface area contributed by atoms with Gasteiger partial charge in [-0.05, 0) is 63.8 Å². The molecule has 4 nitrogen and oxygen atoms in total. The highest BCUT2D eigenvalue weighted by atomic mass is 79.9. The average molecular weight is 476 g/mol. The van der Waals surface area contributed by atoms with Crippen LogP contribution in [0.25, 0.3) is 5.65 Å². The van der Waals surface area contributed by atoms with Gasteiger partial charge in [0.25, 0.3) is 5.91 Å². The van der Waals surface area contributed by atoms with Gasteiger partial charge in [-0.3, -0.25) is 9.20 Å². The van der Waals surface area contributed by atoms with Crippen LogP contribution in [0.3, 0.4) is 0 Å². The Bertz CT molecular complexity index is 991. The number of rotatable bonds is 5. The SMILES string of the molecule is CCSc1c(NC(=O)c2cccc(SC(F)(F)F)c2)nc2ccc(Br)cn12. The van der Waals surface area contributed by atoms with Crippen molar-refractivity contribution in [3.63, 3.8) is 0 Å². The summed E-state index contributed by atoms with van der Waals surface area (Å²) >= 11 is 4.66. The number of nitrogens with one attached hydrogen (secondary N) is 1. The number of carbonyl (C=O) groups is 1. The van der Waals surface area contributed by atoms with Crippen LogP contribution >= 0.6 is 39.5 Å². The number of amides is 1. The predicted octanol–water partition coefficient (Wildman–Crippen LogP) is 6.07. The number of hydrogen-bond acceptors (Lipinski definition) is 4. The molecule has 0 spiro atoms. The fourth-order valence-corrected chi connectivity index (χ4v) is 4.10. The molecule has 3 rings (SSSR count). The number of fused-ring (bicyclic) bond motifs is 1. The normalized spacial score (nSPS) is 11.7. The summed E-state index contributed by atoms with van der Waals surface area (Å²) < 4.78 is 40.4. The smallest absolute Gasteiger partial charge is 0.304 e. The van der Waals surface area contributed by atoms with Crippen LogP contribution in [0.15, 0.2) is 57.0 Å². The maximum atomic E-state index is 12.6. The van der Waals surface area contributed by atoms with Crippen molar-refractivity contribution in [2.75, 3.05) is 11.1 Å². The first kappa shape index (κ1) is 20.1. The Labute approximate surface area is 170 Å². The molecule has 0 fully saturated rings. The number of thioether (sulfide) groups is 2. The summed E-state index contributed by atoms with van der Waals surface area (Å²) in [7, 11) is 0. The minimum absolute atomic E-state index is 0.0442. The third-order valence-electron chi connectivity index (χ3n) is 3.38. The van der Waals surface area contributed by atoms with Gasteiger partial charge < -0.3 is 5.32 Å². The van der Waals surface area contributed by atoms with Crippen molar-refractivity contribution in [3.8, 4) is 0 Å². The number of halogens is 4. The van der Waals surface area contributed by atoms with Crippen LogP contribution in [0.5, 0.6) is 0 Å². The van der Waals surface area contributed by atoms with Gasteiger partial charge in [0.05, 0.1) is 0 Å². The van der Waals surface area contributed by atoms with E-state index in [-0.39, 0.29) is 22.2 Å². The lowest BCUT2D eigenvalue weighted by Crippen LogP contribution is -2.13.